The molecule has 0 bridgehead atoms. The van der Waals surface area contributed by atoms with E-state index >= 15 is 0 Å². The molecule has 3 fully saturated rings. The Morgan fingerprint density at radius 3 is 2.06 bits per heavy atom. The summed E-state index contributed by atoms with van der Waals surface area (Å²) in [5.41, 5.74) is -4.92. The van der Waals surface area contributed by atoms with Crippen LogP contribution >= 0.6 is 0 Å². The number of carbonyl (C=O) groups is 3. The van der Waals surface area contributed by atoms with E-state index in [0.717, 1.165) is 0 Å². The van der Waals surface area contributed by atoms with Gasteiger partial charge in [-0.2, -0.15) is 0 Å². The summed E-state index contributed by atoms with van der Waals surface area (Å²) >= 11 is 0. The van der Waals surface area contributed by atoms with Gasteiger partial charge in [0.2, 0.25) is 0 Å². The number of aliphatic hydroxyl groups excluding tert-OH is 2. The number of hydrogen-bond donors (Lipinski definition) is 4. The van der Waals surface area contributed by atoms with Gasteiger partial charge in [-0.1, -0.05) is 27.7 Å². The monoisotopic (exact) mass is 775 g/mol. The SMILES string of the molecule is CC[C@@H]1OC(=O)[C@H](C)[C@@H](O[C@H]2C[C@@](C)(OC)[C@@H](O)[C@H](C)O2)[C@H](C)[C@@H](O[C@@H]2O[C@H](C)C[C@H](N(C)C)[C@H]2OC(C)=O)C(C)(O)C[C@@H](C)C(=O)[C@@H](C)[C@@H](O)[C@]1(C)O. The van der Waals surface area contributed by atoms with Gasteiger partial charge in [0, 0.05) is 38.2 Å². The van der Waals surface area contributed by atoms with Crippen LogP contribution in [0.15, 0.2) is 0 Å². The normalized spacial score (nSPS) is 47.5. The minimum atomic E-state index is -2.01. The number of aliphatic hydroxyl groups is 4. The zero-order chi connectivity index (χ0) is 41.2. The Balaban J connectivity index is 2.23. The van der Waals surface area contributed by atoms with E-state index in [1.807, 2.05) is 25.9 Å². The molecule has 3 heterocycles. The van der Waals surface area contributed by atoms with Crippen molar-refractivity contribution in [1.29, 1.82) is 0 Å². The van der Waals surface area contributed by atoms with Crippen LogP contribution in [0.2, 0.25) is 0 Å². The standard InChI is InChI=1S/C39H69NO14/c1-15-27-39(11,47)32(43)21(4)29(42)19(2)17-37(9,46)34(54-36-31(51-25(8)41)26(40(12)13)16-20(3)49-36)22(5)30(23(6)35(45)52-27)53-28-18-38(10,48-14)33(44)24(7)50-28/h19-24,26-28,30-34,36,43-44,46-47H,15-18H2,1-14H3/t19-,20-,21-,22+,23-,24+,26+,27+,28+,30+,31-,32-,33+,34-,36+,37?,38-,39-/m1/s1. The first-order valence-electron chi connectivity index (χ1n) is 19.4. The van der Waals surface area contributed by atoms with Gasteiger partial charge in [-0.05, 0) is 74.9 Å². The van der Waals surface area contributed by atoms with Crippen molar-refractivity contribution in [3.63, 3.8) is 0 Å². The van der Waals surface area contributed by atoms with Crippen molar-refractivity contribution in [3.05, 3.63) is 0 Å². The minimum Gasteiger partial charge on any atom is -0.459 e. The molecular weight excluding hydrogens is 706 g/mol. The summed E-state index contributed by atoms with van der Waals surface area (Å²) in [5, 5.41) is 46.5. The van der Waals surface area contributed by atoms with E-state index in [2.05, 4.69) is 0 Å². The molecule has 54 heavy (non-hydrogen) atoms. The third kappa shape index (κ3) is 10.2. The van der Waals surface area contributed by atoms with Crippen molar-refractivity contribution >= 4 is 17.7 Å². The van der Waals surface area contributed by atoms with Crippen LogP contribution in [0.3, 0.4) is 0 Å². The molecule has 1 unspecified atom stereocenters. The second-order valence-electron chi connectivity index (χ2n) is 17.1. The number of cyclic esters (lactones) is 1. The molecular formula is C39H69NO14. The number of esters is 2. The zero-order valence-electron chi connectivity index (χ0n) is 34.8. The van der Waals surface area contributed by atoms with Crippen LogP contribution in [-0.2, 0) is 47.5 Å². The van der Waals surface area contributed by atoms with E-state index < -0.39 is 114 Å². The lowest BCUT2D eigenvalue weighted by Gasteiger charge is -2.49. The molecule has 0 aromatic heterocycles. The lowest BCUT2D eigenvalue weighted by atomic mass is 9.74. The van der Waals surface area contributed by atoms with Crippen LogP contribution in [0.4, 0.5) is 0 Å². The van der Waals surface area contributed by atoms with Gasteiger partial charge in [0.25, 0.3) is 0 Å². The van der Waals surface area contributed by atoms with Crippen LogP contribution in [0.25, 0.3) is 0 Å². The summed E-state index contributed by atoms with van der Waals surface area (Å²) in [6.45, 7) is 17.6. The van der Waals surface area contributed by atoms with Gasteiger partial charge in [-0.3, -0.25) is 14.4 Å². The maximum atomic E-state index is 14.2. The lowest BCUT2D eigenvalue weighted by Crippen LogP contribution is -2.61. The molecule has 0 spiro atoms. The Labute approximate surface area is 321 Å². The van der Waals surface area contributed by atoms with Crippen molar-refractivity contribution in [2.45, 2.75) is 186 Å². The molecule has 0 aliphatic carbocycles. The molecule has 3 aliphatic heterocycles. The first-order valence-corrected chi connectivity index (χ1v) is 19.4. The second-order valence-corrected chi connectivity index (χ2v) is 17.1. The number of carbonyl (C=O) groups excluding carboxylic acids is 3. The largest absolute Gasteiger partial charge is 0.459 e. The van der Waals surface area contributed by atoms with Crippen LogP contribution < -0.4 is 0 Å². The highest BCUT2D eigenvalue weighted by Gasteiger charge is 2.54. The highest BCUT2D eigenvalue weighted by Crippen LogP contribution is 2.41. The van der Waals surface area contributed by atoms with Crippen LogP contribution in [0, 0.1) is 23.7 Å². The maximum Gasteiger partial charge on any atom is 0.311 e. The van der Waals surface area contributed by atoms with Gasteiger partial charge >= 0.3 is 11.9 Å². The summed E-state index contributed by atoms with van der Waals surface area (Å²) in [6, 6.07) is -0.320. The number of methoxy groups -OCH3 is 1. The minimum absolute atomic E-state index is 0.0755. The smallest absolute Gasteiger partial charge is 0.311 e. The Kier molecular flexibility index (Phi) is 15.7. The number of hydrogen-bond acceptors (Lipinski definition) is 15. The number of likely N-dealkylation sites (N-methyl/N-ethyl adjacent to an activating group) is 1. The Morgan fingerprint density at radius 1 is 0.907 bits per heavy atom. The van der Waals surface area contributed by atoms with Crippen LogP contribution in [0.5, 0.6) is 0 Å². The molecule has 3 saturated heterocycles. The van der Waals surface area contributed by atoms with E-state index in [-0.39, 0.29) is 31.4 Å². The second kappa shape index (κ2) is 18.2. The molecule has 18 atom stereocenters. The van der Waals surface area contributed by atoms with Crippen molar-refractivity contribution in [1.82, 2.24) is 4.90 Å². The summed E-state index contributed by atoms with van der Waals surface area (Å²) in [7, 11) is 5.19. The average Bonchev–Trinajstić information content (AvgIpc) is 3.08. The summed E-state index contributed by atoms with van der Waals surface area (Å²) in [5.74, 6) is -5.68. The molecule has 0 aromatic rings. The van der Waals surface area contributed by atoms with Crippen molar-refractivity contribution in [2.75, 3.05) is 21.2 Å². The third-order valence-electron chi connectivity index (χ3n) is 12.1. The summed E-state index contributed by atoms with van der Waals surface area (Å²) < 4.78 is 43.3. The van der Waals surface area contributed by atoms with Gasteiger partial charge in [-0.25, -0.2) is 0 Å². The first-order chi connectivity index (χ1) is 24.8. The molecule has 0 amide bonds. The van der Waals surface area contributed by atoms with Crippen molar-refractivity contribution < 1.29 is 68.0 Å². The van der Waals surface area contributed by atoms with Crippen molar-refractivity contribution in [3.8, 4) is 0 Å². The molecule has 4 N–H and O–H groups in total. The number of rotatable bonds is 8. The van der Waals surface area contributed by atoms with Crippen molar-refractivity contribution in [2.24, 2.45) is 23.7 Å². The highest BCUT2D eigenvalue weighted by molar-refractivity contribution is 5.83. The quantitative estimate of drug-likeness (QED) is 0.262. The number of Topliss-reactive ketones (excluding diaryl/α,β-unsaturated/α-hetero) is 1. The predicted molar refractivity (Wildman–Crippen MR) is 196 cm³/mol. The summed E-state index contributed by atoms with van der Waals surface area (Å²) in [6.07, 6.45) is -9.80. The maximum absolute atomic E-state index is 14.2. The average molecular weight is 776 g/mol. The fraction of sp³-hybridized carbons (Fsp3) is 0.923. The highest BCUT2D eigenvalue weighted by atomic mass is 16.7. The Morgan fingerprint density at radius 2 is 1.52 bits per heavy atom. The first kappa shape index (κ1) is 46.6. The fourth-order valence-electron chi connectivity index (χ4n) is 8.71. The topological polar surface area (TPSA) is 200 Å². The van der Waals surface area contributed by atoms with Crippen LogP contribution in [0.1, 0.15) is 102 Å². The van der Waals surface area contributed by atoms with E-state index in [4.69, 9.17) is 33.2 Å². The van der Waals surface area contributed by atoms with Gasteiger partial charge < -0.3 is 58.5 Å². The zero-order valence-corrected chi connectivity index (χ0v) is 34.8. The molecule has 3 aliphatic rings. The van der Waals surface area contributed by atoms with Gasteiger partial charge in [-0.15, -0.1) is 0 Å². The predicted octanol–water partition coefficient (Wildman–Crippen LogP) is 2.36. The van der Waals surface area contributed by atoms with E-state index in [1.54, 1.807) is 41.5 Å². The lowest BCUT2D eigenvalue weighted by molar-refractivity contribution is -0.318. The van der Waals surface area contributed by atoms with Crippen LogP contribution in [-0.4, -0.2) is 149 Å². The van der Waals surface area contributed by atoms with E-state index in [0.29, 0.717) is 6.42 Å². The number of ether oxygens (including phenoxy) is 7. The van der Waals surface area contributed by atoms with Gasteiger partial charge in [0.05, 0.1) is 53.7 Å². The van der Waals surface area contributed by atoms with Gasteiger partial charge in [0.1, 0.15) is 23.6 Å². The number of nitrogens with zero attached hydrogens (tertiary/aromatic N) is 1. The molecule has 314 valence electrons. The number of ketones is 1. The fourth-order valence-corrected chi connectivity index (χ4v) is 8.71. The molecule has 0 saturated carbocycles. The summed E-state index contributed by atoms with van der Waals surface area (Å²) in [4.78, 5) is 42.4. The molecule has 3 rings (SSSR count). The third-order valence-corrected chi connectivity index (χ3v) is 12.1. The van der Waals surface area contributed by atoms with E-state index in [9.17, 15) is 34.8 Å². The molecule has 15 nitrogen and oxygen atoms in total. The Bertz CT molecular complexity index is 1280. The van der Waals surface area contributed by atoms with Gasteiger partial charge in [0.15, 0.2) is 18.7 Å². The molecule has 0 radical (unpaired) electrons. The Hall–Kier alpha value is -1.79. The molecule has 0 aromatic carbocycles. The molecule has 15 heteroatoms. The van der Waals surface area contributed by atoms with E-state index in [1.165, 1.54) is 34.8 Å².